The first-order chi connectivity index (χ1) is 7.44. The van der Waals surface area contributed by atoms with Crippen LogP contribution in [0.3, 0.4) is 0 Å². The summed E-state index contributed by atoms with van der Waals surface area (Å²) in [6, 6.07) is 3.54. The lowest BCUT2D eigenvalue weighted by Gasteiger charge is -2.18. The Morgan fingerprint density at radius 1 is 1.31 bits per heavy atom. The van der Waals surface area contributed by atoms with E-state index in [0.29, 0.717) is 16.6 Å². The number of H-pyrrole nitrogens is 1. The number of hydrogen-bond donors (Lipinski definition) is 2. The minimum absolute atomic E-state index is 0.183. The van der Waals surface area contributed by atoms with Gasteiger partial charge in [-0.15, -0.1) is 0 Å². The second-order valence-corrected chi connectivity index (χ2v) is 5.27. The van der Waals surface area contributed by atoms with Crippen molar-refractivity contribution >= 4 is 34.2 Å². The number of imidazole rings is 1. The molecule has 0 bridgehead atoms. The van der Waals surface area contributed by atoms with Crippen molar-refractivity contribution in [3.05, 3.63) is 28.0 Å². The van der Waals surface area contributed by atoms with Gasteiger partial charge in [0.25, 0.3) is 0 Å². The first-order valence-corrected chi connectivity index (χ1v) is 5.75. The molecule has 0 spiro atoms. The molecule has 0 aliphatic rings. The standard InChI is InChI=1S/C11H13Cl2N3/c1-11(2,5-14)10-15-8-3-6(12)7(13)4-9(8)16-10/h3-4H,5,14H2,1-2H3,(H,15,16). The fourth-order valence-electron chi connectivity index (χ4n) is 1.42. The van der Waals surface area contributed by atoms with E-state index < -0.39 is 0 Å². The second kappa shape index (κ2) is 3.91. The Balaban J connectivity index is 2.61. The number of nitrogens with two attached hydrogens (primary N) is 1. The highest BCUT2D eigenvalue weighted by Crippen LogP contribution is 2.29. The molecule has 1 aromatic carbocycles. The van der Waals surface area contributed by atoms with Gasteiger partial charge in [-0.25, -0.2) is 4.98 Å². The van der Waals surface area contributed by atoms with Gasteiger partial charge >= 0.3 is 0 Å². The summed E-state index contributed by atoms with van der Waals surface area (Å²) in [5.74, 6) is 0.850. The Kier molecular flexibility index (Phi) is 2.86. The van der Waals surface area contributed by atoms with Crippen molar-refractivity contribution in [2.24, 2.45) is 5.73 Å². The smallest absolute Gasteiger partial charge is 0.114 e. The molecule has 5 heteroatoms. The van der Waals surface area contributed by atoms with Crippen LogP contribution in [0.4, 0.5) is 0 Å². The molecule has 3 N–H and O–H groups in total. The number of aromatic nitrogens is 2. The highest BCUT2D eigenvalue weighted by Gasteiger charge is 2.22. The number of benzene rings is 1. The van der Waals surface area contributed by atoms with Crippen molar-refractivity contribution in [3.63, 3.8) is 0 Å². The fraction of sp³-hybridized carbons (Fsp3) is 0.364. The summed E-state index contributed by atoms with van der Waals surface area (Å²) in [6.07, 6.45) is 0. The maximum Gasteiger partial charge on any atom is 0.114 e. The number of nitrogens with one attached hydrogen (secondary N) is 1. The predicted octanol–water partition coefficient (Wildman–Crippen LogP) is 3.11. The first-order valence-electron chi connectivity index (χ1n) is 4.99. The molecule has 0 saturated carbocycles. The Morgan fingerprint density at radius 3 is 2.56 bits per heavy atom. The minimum atomic E-state index is -0.183. The normalized spacial score (nSPS) is 12.3. The van der Waals surface area contributed by atoms with E-state index in [1.165, 1.54) is 0 Å². The molecule has 0 fully saturated rings. The summed E-state index contributed by atoms with van der Waals surface area (Å²) in [4.78, 5) is 7.70. The zero-order valence-corrected chi connectivity index (χ0v) is 10.7. The molecule has 2 aromatic rings. The SMILES string of the molecule is CC(C)(CN)c1nc2cc(Cl)c(Cl)cc2[nH]1. The quantitative estimate of drug-likeness (QED) is 0.869. The van der Waals surface area contributed by atoms with Gasteiger partial charge < -0.3 is 10.7 Å². The molecule has 3 nitrogen and oxygen atoms in total. The highest BCUT2D eigenvalue weighted by atomic mass is 35.5. The zero-order chi connectivity index (χ0) is 11.9. The van der Waals surface area contributed by atoms with Crippen LogP contribution in [-0.2, 0) is 5.41 Å². The highest BCUT2D eigenvalue weighted by molar-refractivity contribution is 6.42. The molecule has 0 unspecified atom stereocenters. The largest absolute Gasteiger partial charge is 0.341 e. The number of rotatable bonds is 2. The molecule has 2 rings (SSSR count). The van der Waals surface area contributed by atoms with Crippen LogP contribution in [0.5, 0.6) is 0 Å². The summed E-state index contributed by atoms with van der Waals surface area (Å²) < 4.78 is 0. The summed E-state index contributed by atoms with van der Waals surface area (Å²) in [6.45, 7) is 4.59. The van der Waals surface area contributed by atoms with Crippen molar-refractivity contribution in [1.82, 2.24) is 9.97 Å². The summed E-state index contributed by atoms with van der Waals surface area (Å²) in [5.41, 5.74) is 7.22. The summed E-state index contributed by atoms with van der Waals surface area (Å²) in [5, 5.41) is 1.03. The van der Waals surface area contributed by atoms with E-state index in [1.54, 1.807) is 12.1 Å². The lowest BCUT2D eigenvalue weighted by Crippen LogP contribution is -2.29. The van der Waals surface area contributed by atoms with Crippen LogP contribution >= 0.6 is 23.2 Å². The van der Waals surface area contributed by atoms with Gasteiger partial charge in [-0.3, -0.25) is 0 Å². The zero-order valence-electron chi connectivity index (χ0n) is 9.14. The van der Waals surface area contributed by atoms with Crippen LogP contribution in [0.2, 0.25) is 10.0 Å². The number of fused-ring (bicyclic) bond motifs is 1. The maximum absolute atomic E-state index is 5.94. The average molecular weight is 258 g/mol. The van der Waals surface area contributed by atoms with E-state index in [4.69, 9.17) is 28.9 Å². The van der Waals surface area contributed by atoms with Crippen molar-refractivity contribution < 1.29 is 0 Å². The molecule has 1 heterocycles. The molecule has 16 heavy (non-hydrogen) atoms. The number of halogens is 2. The second-order valence-electron chi connectivity index (χ2n) is 4.46. The third-order valence-corrected chi connectivity index (χ3v) is 3.40. The van der Waals surface area contributed by atoms with Crippen molar-refractivity contribution in [2.45, 2.75) is 19.3 Å². The van der Waals surface area contributed by atoms with Crippen LogP contribution < -0.4 is 5.73 Å². The van der Waals surface area contributed by atoms with E-state index in [9.17, 15) is 0 Å². The van der Waals surface area contributed by atoms with Gasteiger partial charge in [0.2, 0.25) is 0 Å². The Morgan fingerprint density at radius 2 is 1.94 bits per heavy atom. The van der Waals surface area contributed by atoms with E-state index in [0.717, 1.165) is 16.9 Å². The molecule has 0 radical (unpaired) electrons. The molecule has 0 aliphatic heterocycles. The van der Waals surface area contributed by atoms with Gasteiger partial charge in [-0.2, -0.15) is 0 Å². The monoisotopic (exact) mass is 257 g/mol. The van der Waals surface area contributed by atoms with Crippen LogP contribution in [0, 0.1) is 0 Å². The molecular formula is C11H13Cl2N3. The Hall–Kier alpha value is -0.770. The van der Waals surface area contributed by atoms with Crippen LogP contribution in [0.25, 0.3) is 11.0 Å². The van der Waals surface area contributed by atoms with E-state index >= 15 is 0 Å². The number of hydrogen-bond acceptors (Lipinski definition) is 2. The Bertz CT molecular complexity index is 492. The number of nitrogens with zero attached hydrogens (tertiary/aromatic N) is 1. The Labute approximate surface area is 104 Å². The molecule has 1 aromatic heterocycles. The number of aromatic amines is 1. The third-order valence-electron chi connectivity index (χ3n) is 2.68. The maximum atomic E-state index is 5.94. The molecule has 86 valence electrons. The lowest BCUT2D eigenvalue weighted by atomic mass is 9.93. The van der Waals surface area contributed by atoms with Gasteiger partial charge in [-0.05, 0) is 12.1 Å². The van der Waals surface area contributed by atoms with Gasteiger partial charge in [0.1, 0.15) is 5.82 Å². The van der Waals surface area contributed by atoms with Crippen LogP contribution in [-0.4, -0.2) is 16.5 Å². The molecule has 0 saturated heterocycles. The van der Waals surface area contributed by atoms with Gasteiger partial charge in [0, 0.05) is 12.0 Å². The van der Waals surface area contributed by atoms with Crippen molar-refractivity contribution in [1.29, 1.82) is 0 Å². The van der Waals surface area contributed by atoms with Crippen LogP contribution in [0.15, 0.2) is 12.1 Å². The first kappa shape index (κ1) is 11.7. The topological polar surface area (TPSA) is 54.7 Å². The van der Waals surface area contributed by atoms with Gasteiger partial charge in [0.05, 0.1) is 21.1 Å². The van der Waals surface area contributed by atoms with E-state index in [-0.39, 0.29) is 5.41 Å². The average Bonchev–Trinajstić information content (AvgIpc) is 2.62. The van der Waals surface area contributed by atoms with Gasteiger partial charge in [0.15, 0.2) is 0 Å². The predicted molar refractivity (Wildman–Crippen MR) is 68.2 cm³/mol. The summed E-state index contributed by atoms with van der Waals surface area (Å²) >= 11 is 11.9. The fourth-order valence-corrected chi connectivity index (χ4v) is 1.74. The third kappa shape index (κ3) is 1.90. The van der Waals surface area contributed by atoms with Gasteiger partial charge in [-0.1, -0.05) is 37.0 Å². The lowest BCUT2D eigenvalue weighted by molar-refractivity contribution is 0.509. The van der Waals surface area contributed by atoms with E-state index in [2.05, 4.69) is 9.97 Å². The summed E-state index contributed by atoms with van der Waals surface area (Å²) in [7, 11) is 0. The molecular weight excluding hydrogens is 245 g/mol. The minimum Gasteiger partial charge on any atom is -0.341 e. The molecule has 0 atom stereocenters. The van der Waals surface area contributed by atoms with E-state index in [1.807, 2.05) is 13.8 Å². The van der Waals surface area contributed by atoms with Crippen molar-refractivity contribution in [2.75, 3.05) is 6.54 Å². The van der Waals surface area contributed by atoms with Crippen LogP contribution in [0.1, 0.15) is 19.7 Å². The molecule has 0 amide bonds. The van der Waals surface area contributed by atoms with Crippen molar-refractivity contribution in [3.8, 4) is 0 Å². The molecule has 0 aliphatic carbocycles.